The average Bonchev–Trinajstić information content (AvgIpc) is 3.38. The molecule has 8 heteroatoms. The molecule has 5 atom stereocenters. The molecule has 1 aliphatic rings. The minimum atomic E-state index is -2.15. The van der Waals surface area contributed by atoms with Gasteiger partial charge in [-0.05, 0) is 91.5 Å². The van der Waals surface area contributed by atoms with Crippen molar-refractivity contribution in [2.45, 2.75) is 141 Å². The Morgan fingerprint density at radius 2 is 1.45 bits per heavy atom. The predicted molar refractivity (Wildman–Crippen MR) is 216 cm³/mol. The van der Waals surface area contributed by atoms with E-state index in [1.165, 1.54) is 0 Å². The number of esters is 1. The maximum Gasteiger partial charge on any atom is 0.338 e. The summed E-state index contributed by atoms with van der Waals surface area (Å²) >= 11 is 0. The van der Waals surface area contributed by atoms with Crippen molar-refractivity contribution >= 4 is 20.3 Å². The number of ether oxygens (including phenoxy) is 2. The molecule has 290 valence electrons. The molecule has 0 radical (unpaired) electrons. The third-order valence-electron chi connectivity index (χ3n) is 11.8. The molecule has 1 saturated carbocycles. The molecule has 1 aliphatic carbocycles. The van der Waals surface area contributed by atoms with E-state index in [0.29, 0.717) is 25.0 Å². The lowest BCUT2D eigenvalue weighted by atomic mass is 9.67. The van der Waals surface area contributed by atoms with Crippen molar-refractivity contribution in [3.05, 3.63) is 90.5 Å². The molecule has 53 heavy (non-hydrogen) atoms. The summed E-state index contributed by atoms with van der Waals surface area (Å²) in [5.41, 5.74) is 2.20. The monoisotopic (exact) mass is 744 g/mol. The van der Waals surface area contributed by atoms with Gasteiger partial charge in [-0.15, -0.1) is 0 Å². The Kier molecular flexibility index (Phi) is 15.7. The summed E-state index contributed by atoms with van der Waals surface area (Å²) in [4.78, 5) is 25.0. The number of para-hydroxylation sites is 1. The summed E-state index contributed by atoms with van der Waals surface area (Å²) in [5, 5.41) is 21.1. The van der Waals surface area contributed by atoms with Crippen molar-refractivity contribution in [2.24, 2.45) is 11.3 Å². The summed E-state index contributed by atoms with van der Waals surface area (Å²) in [6, 6.07) is 27.5. The van der Waals surface area contributed by atoms with Crippen molar-refractivity contribution in [1.82, 2.24) is 0 Å². The van der Waals surface area contributed by atoms with Gasteiger partial charge in [0.25, 0.3) is 0 Å². The van der Waals surface area contributed by atoms with Gasteiger partial charge in [-0.25, -0.2) is 4.79 Å². The fraction of sp³-hybridized carbons (Fsp3) is 0.556. The van der Waals surface area contributed by atoms with Gasteiger partial charge in [0.05, 0.1) is 17.8 Å². The highest BCUT2D eigenvalue weighted by Gasteiger charge is 2.55. The molecule has 0 aliphatic heterocycles. The van der Waals surface area contributed by atoms with Crippen LogP contribution in [-0.2, 0) is 14.0 Å². The molecule has 1 fully saturated rings. The molecular weight excluding hydrogens is 681 g/mol. The Bertz CT molecular complexity index is 1540. The Balaban J connectivity index is 1.59. The number of benzene rings is 3. The van der Waals surface area contributed by atoms with Crippen LogP contribution in [0.1, 0.15) is 115 Å². The van der Waals surface area contributed by atoms with Gasteiger partial charge < -0.3 is 24.1 Å². The van der Waals surface area contributed by atoms with E-state index in [0.717, 1.165) is 74.7 Å². The highest BCUT2D eigenvalue weighted by Crippen LogP contribution is 2.54. The maximum absolute atomic E-state index is 13.8. The molecule has 0 bridgehead atoms. The molecule has 3 aromatic carbocycles. The van der Waals surface area contributed by atoms with Gasteiger partial charge in [-0.3, -0.25) is 4.79 Å². The van der Waals surface area contributed by atoms with Crippen LogP contribution >= 0.6 is 0 Å². The van der Waals surface area contributed by atoms with Crippen molar-refractivity contribution < 1.29 is 33.7 Å². The lowest BCUT2D eigenvalue weighted by molar-refractivity contribution is -0.137. The van der Waals surface area contributed by atoms with E-state index in [9.17, 15) is 14.7 Å². The fourth-order valence-corrected chi connectivity index (χ4v) is 9.13. The van der Waals surface area contributed by atoms with Gasteiger partial charge in [0.2, 0.25) is 0 Å². The number of hydrogen-bond acceptors (Lipinski definition) is 6. The summed E-state index contributed by atoms with van der Waals surface area (Å²) in [6.45, 7) is 13.9. The van der Waals surface area contributed by atoms with Crippen molar-refractivity contribution in [1.29, 1.82) is 0 Å². The predicted octanol–water partition coefficient (Wildman–Crippen LogP) is 11.1. The Morgan fingerprint density at radius 3 is 2.08 bits per heavy atom. The molecular formula is C45H64O7Si. The zero-order valence-electron chi connectivity index (χ0n) is 33.0. The highest BCUT2D eigenvalue weighted by atomic mass is 28.4. The van der Waals surface area contributed by atoms with Crippen LogP contribution < -0.4 is 4.74 Å². The Hall–Kier alpha value is -3.46. The van der Waals surface area contributed by atoms with E-state index in [4.69, 9.17) is 19.0 Å². The van der Waals surface area contributed by atoms with Crippen molar-refractivity contribution in [2.75, 3.05) is 6.61 Å². The number of rotatable bonds is 21. The molecule has 0 amide bonds. The van der Waals surface area contributed by atoms with E-state index < -0.39 is 31.9 Å². The third-order valence-corrected chi connectivity index (χ3v) is 16.3. The minimum Gasteiger partial charge on any atom is -0.491 e. The second kappa shape index (κ2) is 19.7. The SMILES string of the molecule is CCCC[C@]1(CCCCCCC(=O)O)[C@@H](OC(=O)c2ccc(-c3ccccc3)cc2)CC(O)[C@@H]1CC[C@@H](COc1ccccc1)O[Si](C)(C)C(C)(C)C. The van der Waals surface area contributed by atoms with Gasteiger partial charge in [-0.1, -0.05) is 120 Å². The van der Waals surface area contributed by atoms with E-state index in [1.807, 2.05) is 84.9 Å². The number of aliphatic carboxylic acids is 1. The fourth-order valence-electron chi connectivity index (χ4n) is 7.76. The molecule has 3 aromatic rings. The van der Waals surface area contributed by atoms with Crippen LogP contribution in [0.2, 0.25) is 18.1 Å². The normalized spacial score (nSPS) is 20.9. The van der Waals surface area contributed by atoms with E-state index in [2.05, 4.69) is 40.8 Å². The lowest BCUT2D eigenvalue weighted by Crippen LogP contribution is -2.46. The van der Waals surface area contributed by atoms with Crippen LogP contribution in [0.15, 0.2) is 84.9 Å². The number of aliphatic hydroxyl groups excluding tert-OH is 1. The molecule has 0 aromatic heterocycles. The summed E-state index contributed by atoms with van der Waals surface area (Å²) in [7, 11) is -2.15. The van der Waals surface area contributed by atoms with E-state index in [1.54, 1.807) is 0 Å². The Labute approximate surface area is 319 Å². The molecule has 2 N–H and O–H groups in total. The topological polar surface area (TPSA) is 102 Å². The zero-order valence-corrected chi connectivity index (χ0v) is 34.0. The maximum atomic E-state index is 13.8. The van der Waals surface area contributed by atoms with E-state index in [-0.39, 0.29) is 29.5 Å². The lowest BCUT2D eigenvalue weighted by Gasteiger charge is -2.42. The van der Waals surface area contributed by atoms with Crippen LogP contribution in [0.3, 0.4) is 0 Å². The number of carboxylic acids is 1. The van der Waals surface area contributed by atoms with Crippen LogP contribution in [0.4, 0.5) is 0 Å². The molecule has 7 nitrogen and oxygen atoms in total. The standard InChI is InChI=1S/C45H64O7Si/c1-7-8-30-45(31-18-10-9-17-23-42(47)48)39(29-28-38(52-53(5,6)44(2,3)4)33-50-37-21-15-12-16-22-37)40(46)32-41(45)51-43(49)36-26-24-35(25-27-36)34-19-13-11-14-20-34/h11-16,19-22,24-27,38-41,46H,7-10,17-18,23,28-33H2,1-6H3,(H,47,48)/t38-,39-,40?,41-,45+/m0/s1. The Morgan fingerprint density at radius 1 is 0.849 bits per heavy atom. The van der Waals surface area contributed by atoms with Gasteiger partial charge in [0.15, 0.2) is 8.32 Å². The summed E-state index contributed by atoms with van der Waals surface area (Å²) in [5.74, 6) is -0.409. The van der Waals surface area contributed by atoms with Crippen molar-refractivity contribution in [3.8, 4) is 16.9 Å². The number of carbonyl (C=O) groups is 2. The van der Waals surface area contributed by atoms with Crippen LogP contribution in [0.25, 0.3) is 11.1 Å². The van der Waals surface area contributed by atoms with E-state index >= 15 is 0 Å². The number of carboxylic acid groups (broad SMARTS) is 1. The first-order valence-electron chi connectivity index (χ1n) is 19.9. The number of hydrogen-bond donors (Lipinski definition) is 2. The first-order chi connectivity index (χ1) is 25.3. The third kappa shape index (κ3) is 12.0. The summed E-state index contributed by atoms with van der Waals surface area (Å²) in [6.07, 6.45) is 7.66. The average molecular weight is 745 g/mol. The number of unbranched alkanes of at least 4 members (excludes halogenated alkanes) is 4. The second-order valence-corrected chi connectivity index (χ2v) is 21.3. The van der Waals surface area contributed by atoms with Gasteiger partial charge in [0, 0.05) is 18.3 Å². The highest BCUT2D eigenvalue weighted by molar-refractivity contribution is 6.74. The number of aliphatic hydroxyl groups is 1. The quantitative estimate of drug-likeness (QED) is 0.0636. The smallest absolute Gasteiger partial charge is 0.338 e. The van der Waals surface area contributed by atoms with Crippen LogP contribution in [0.5, 0.6) is 5.75 Å². The number of carbonyl (C=O) groups excluding carboxylic acids is 1. The first-order valence-corrected chi connectivity index (χ1v) is 22.8. The van der Waals surface area contributed by atoms with Gasteiger partial charge in [0.1, 0.15) is 18.5 Å². The molecule has 0 spiro atoms. The van der Waals surface area contributed by atoms with Crippen molar-refractivity contribution in [3.63, 3.8) is 0 Å². The second-order valence-electron chi connectivity index (χ2n) is 16.6. The van der Waals surface area contributed by atoms with Gasteiger partial charge in [-0.2, -0.15) is 0 Å². The van der Waals surface area contributed by atoms with Gasteiger partial charge >= 0.3 is 11.9 Å². The first kappa shape index (κ1) is 42.3. The summed E-state index contributed by atoms with van der Waals surface area (Å²) < 4.78 is 19.8. The van der Waals surface area contributed by atoms with Crippen LogP contribution in [-0.4, -0.2) is 55.4 Å². The minimum absolute atomic E-state index is 0.0228. The zero-order chi connectivity index (χ0) is 38.5. The molecule has 0 saturated heterocycles. The van der Waals surface area contributed by atoms with Crippen LogP contribution in [0, 0.1) is 11.3 Å². The molecule has 0 heterocycles. The molecule has 4 rings (SSSR count). The molecule has 1 unspecified atom stereocenters. The largest absolute Gasteiger partial charge is 0.491 e.